The normalized spacial score (nSPS) is 16.3. The number of carbonyl (C=O) groups is 1. The summed E-state index contributed by atoms with van der Waals surface area (Å²) in [5.41, 5.74) is 0.483. The standard InChI is InChI=1S/C17H26N2O3S2/c1-17(2,3)23-13-10-18-16(20)14-6-8-15(9-7-14)24(21,22)19-11-4-5-12-19/h6-9H,4-5,10-13H2,1-3H3,(H,18,20). The van der Waals surface area contributed by atoms with Gasteiger partial charge in [-0.2, -0.15) is 16.1 Å². The second-order valence-corrected chi connectivity index (χ2v) is 10.7. The smallest absolute Gasteiger partial charge is 0.251 e. The minimum atomic E-state index is -3.42. The Bertz CT molecular complexity index is 658. The molecule has 1 heterocycles. The second-order valence-electron chi connectivity index (χ2n) is 6.85. The van der Waals surface area contributed by atoms with E-state index < -0.39 is 10.0 Å². The first-order valence-electron chi connectivity index (χ1n) is 8.22. The number of hydrogen-bond acceptors (Lipinski definition) is 4. The van der Waals surface area contributed by atoms with Crippen LogP contribution in [0.25, 0.3) is 0 Å². The van der Waals surface area contributed by atoms with Crippen LogP contribution in [0.5, 0.6) is 0 Å². The molecule has 1 aliphatic heterocycles. The lowest BCUT2D eigenvalue weighted by atomic mass is 10.2. The first-order valence-corrected chi connectivity index (χ1v) is 10.6. The lowest BCUT2D eigenvalue weighted by Gasteiger charge is -2.17. The Morgan fingerprint density at radius 3 is 2.29 bits per heavy atom. The summed E-state index contributed by atoms with van der Waals surface area (Å²) in [6.07, 6.45) is 1.82. The predicted octanol–water partition coefficient (Wildman–Crippen LogP) is 2.73. The molecule has 1 aliphatic rings. The number of thioether (sulfide) groups is 1. The fraction of sp³-hybridized carbons (Fsp3) is 0.588. The molecule has 0 bridgehead atoms. The number of sulfonamides is 1. The van der Waals surface area contributed by atoms with Crippen LogP contribution >= 0.6 is 11.8 Å². The first kappa shape index (κ1) is 19.3. The van der Waals surface area contributed by atoms with Crippen molar-refractivity contribution < 1.29 is 13.2 Å². The van der Waals surface area contributed by atoms with E-state index in [9.17, 15) is 13.2 Å². The summed E-state index contributed by atoms with van der Waals surface area (Å²) in [6, 6.07) is 6.20. The maximum Gasteiger partial charge on any atom is 0.251 e. The number of hydrogen-bond donors (Lipinski definition) is 1. The molecule has 1 N–H and O–H groups in total. The Labute approximate surface area is 149 Å². The van der Waals surface area contributed by atoms with Crippen molar-refractivity contribution in [1.29, 1.82) is 0 Å². The first-order chi connectivity index (χ1) is 11.2. The highest BCUT2D eigenvalue weighted by molar-refractivity contribution is 8.00. The summed E-state index contributed by atoms with van der Waals surface area (Å²) in [6.45, 7) is 8.16. The van der Waals surface area contributed by atoms with Crippen LogP contribution in [0, 0.1) is 0 Å². The fourth-order valence-corrected chi connectivity index (χ4v) is 4.81. The van der Waals surface area contributed by atoms with Gasteiger partial charge in [-0.25, -0.2) is 8.42 Å². The lowest BCUT2D eigenvalue weighted by molar-refractivity contribution is 0.0956. The average Bonchev–Trinajstić information content (AvgIpc) is 3.06. The van der Waals surface area contributed by atoms with E-state index in [1.54, 1.807) is 23.9 Å². The van der Waals surface area contributed by atoms with E-state index in [4.69, 9.17) is 0 Å². The SMILES string of the molecule is CC(C)(C)SCCNC(=O)c1ccc(S(=O)(=O)N2CCCC2)cc1. The lowest BCUT2D eigenvalue weighted by Crippen LogP contribution is -2.28. The van der Waals surface area contributed by atoms with E-state index in [1.807, 2.05) is 0 Å². The molecule has 1 amide bonds. The zero-order valence-corrected chi connectivity index (χ0v) is 16.2. The van der Waals surface area contributed by atoms with Gasteiger partial charge in [0.15, 0.2) is 0 Å². The molecule has 0 spiro atoms. The van der Waals surface area contributed by atoms with Crippen LogP contribution in [0.3, 0.4) is 0 Å². The minimum Gasteiger partial charge on any atom is -0.351 e. The molecule has 0 atom stereocenters. The van der Waals surface area contributed by atoms with Crippen molar-refractivity contribution in [2.24, 2.45) is 0 Å². The second kappa shape index (κ2) is 7.89. The number of rotatable bonds is 6. The van der Waals surface area contributed by atoms with Crippen LogP contribution in [-0.2, 0) is 10.0 Å². The molecule has 1 saturated heterocycles. The predicted molar refractivity (Wildman–Crippen MR) is 99.0 cm³/mol. The van der Waals surface area contributed by atoms with Gasteiger partial charge in [-0.15, -0.1) is 0 Å². The fourth-order valence-electron chi connectivity index (χ4n) is 2.48. The number of nitrogens with zero attached hydrogens (tertiary/aromatic N) is 1. The van der Waals surface area contributed by atoms with Crippen molar-refractivity contribution in [3.63, 3.8) is 0 Å². The average molecular weight is 371 g/mol. The van der Waals surface area contributed by atoms with Crippen LogP contribution in [0.2, 0.25) is 0 Å². The summed E-state index contributed by atoms with van der Waals surface area (Å²) in [7, 11) is -3.42. The highest BCUT2D eigenvalue weighted by Crippen LogP contribution is 2.22. The van der Waals surface area contributed by atoms with Crippen molar-refractivity contribution in [2.75, 3.05) is 25.4 Å². The third kappa shape index (κ3) is 5.22. The van der Waals surface area contributed by atoms with Gasteiger partial charge < -0.3 is 5.32 Å². The third-order valence-electron chi connectivity index (χ3n) is 3.74. The number of amides is 1. The van der Waals surface area contributed by atoms with Crippen LogP contribution < -0.4 is 5.32 Å². The quantitative estimate of drug-likeness (QED) is 0.782. The van der Waals surface area contributed by atoms with Crippen molar-refractivity contribution >= 4 is 27.7 Å². The molecule has 0 radical (unpaired) electrons. The van der Waals surface area contributed by atoms with Gasteiger partial charge >= 0.3 is 0 Å². The molecule has 1 aromatic carbocycles. The van der Waals surface area contributed by atoms with Crippen LogP contribution in [0.15, 0.2) is 29.2 Å². The summed E-state index contributed by atoms with van der Waals surface area (Å²) in [5.74, 6) is 0.672. The molecule has 2 rings (SSSR count). The van der Waals surface area contributed by atoms with Gasteiger partial charge in [-0.1, -0.05) is 20.8 Å². The molecule has 0 saturated carbocycles. The molecule has 7 heteroatoms. The molecule has 134 valence electrons. The van der Waals surface area contributed by atoms with Gasteiger partial charge in [-0.3, -0.25) is 4.79 Å². The monoisotopic (exact) mass is 370 g/mol. The van der Waals surface area contributed by atoms with Gasteiger partial charge in [-0.05, 0) is 37.1 Å². The molecule has 1 fully saturated rings. The van der Waals surface area contributed by atoms with E-state index in [-0.39, 0.29) is 15.5 Å². The van der Waals surface area contributed by atoms with Crippen LogP contribution in [0.1, 0.15) is 44.0 Å². The summed E-state index contributed by atoms with van der Waals surface area (Å²) >= 11 is 1.79. The van der Waals surface area contributed by atoms with Crippen molar-refractivity contribution in [2.45, 2.75) is 43.3 Å². The van der Waals surface area contributed by atoms with E-state index >= 15 is 0 Å². The Kier molecular flexibility index (Phi) is 6.33. The highest BCUT2D eigenvalue weighted by atomic mass is 32.2. The Morgan fingerprint density at radius 2 is 1.75 bits per heavy atom. The Hall–Kier alpha value is -1.05. The summed E-state index contributed by atoms with van der Waals surface area (Å²) < 4.78 is 26.6. The van der Waals surface area contributed by atoms with E-state index in [0.717, 1.165) is 18.6 Å². The molecule has 0 aliphatic carbocycles. The third-order valence-corrected chi connectivity index (χ3v) is 6.93. The summed E-state index contributed by atoms with van der Waals surface area (Å²) in [4.78, 5) is 12.4. The maximum absolute atomic E-state index is 12.4. The number of nitrogens with one attached hydrogen (secondary N) is 1. The molecular weight excluding hydrogens is 344 g/mol. The van der Waals surface area contributed by atoms with Crippen molar-refractivity contribution in [3.05, 3.63) is 29.8 Å². The Morgan fingerprint density at radius 1 is 1.17 bits per heavy atom. The van der Waals surface area contributed by atoms with Crippen LogP contribution in [0.4, 0.5) is 0 Å². The van der Waals surface area contributed by atoms with Gasteiger partial charge in [0.2, 0.25) is 10.0 Å². The highest BCUT2D eigenvalue weighted by Gasteiger charge is 2.27. The van der Waals surface area contributed by atoms with Gasteiger partial charge in [0, 0.05) is 35.7 Å². The largest absolute Gasteiger partial charge is 0.351 e. The minimum absolute atomic E-state index is 0.172. The molecular formula is C17H26N2O3S2. The zero-order chi connectivity index (χ0) is 17.8. The summed E-state index contributed by atoms with van der Waals surface area (Å²) in [5, 5.41) is 2.87. The molecule has 5 nitrogen and oxygen atoms in total. The van der Waals surface area contributed by atoms with Gasteiger partial charge in [0.05, 0.1) is 4.90 Å². The number of carbonyl (C=O) groups excluding carboxylic acids is 1. The van der Waals surface area contributed by atoms with E-state index in [0.29, 0.717) is 25.2 Å². The topological polar surface area (TPSA) is 66.5 Å². The van der Waals surface area contributed by atoms with Gasteiger partial charge in [0.25, 0.3) is 5.91 Å². The van der Waals surface area contributed by atoms with Crippen molar-refractivity contribution in [1.82, 2.24) is 9.62 Å². The van der Waals surface area contributed by atoms with Crippen LogP contribution in [-0.4, -0.2) is 48.8 Å². The Balaban J connectivity index is 1.92. The molecule has 0 aromatic heterocycles. The number of benzene rings is 1. The van der Waals surface area contributed by atoms with Crippen molar-refractivity contribution in [3.8, 4) is 0 Å². The molecule has 0 unspecified atom stereocenters. The molecule has 24 heavy (non-hydrogen) atoms. The van der Waals surface area contributed by atoms with Gasteiger partial charge in [0.1, 0.15) is 0 Å². The van der Waals surface area contributed by atoms with E-state index in [2.05, 4.69) is 26.1 Å². The molecule has 1 aromatic rings. The zero-order valence-electron chi connectivity index (χ0n) is 14.5. The van der Waals surface area contributed by atoms with E-state index in [1.165, 1.54) is 16.4 Å². The maximum atomic E-state index is 12.4.